The molecule has 0 spiro atoms. The molecule has 1 heterocycles. The first kappa shape index (κ1) is 19.4. The molecule has 1 N–H and O–H groups in total. The van der Waals surface area contributed by atoms with Crippen molar-refractivity contribution in [1.82, 2.24) is 0 Å². The lowest BCUT2D eigenvalue weighted by Gasteiger charge is -2.40. The highest BCUT2D eigenvalue weighted by Gasteiger charge is 2.70. The van der Waals surface area contributed by atoms with Gasteiger partial charge in [-0.3, -0.25) is 9.59 Å². The van der Waals surface area contributed by atoms with E-state index in [0.717, 1.165) is 11.1 Å². The van der Waals surface area contributed by atoms with E-state index in [1.807, 2.05) is 34.6 Å². The van der Waals surface area contributed by atoms with Gasteiger partial charge in [0.1, 0.15) is 5.76 Å². The Morgan fingerprint density at radius 2 is 2.12 bits per heavy atom. The van der Waals surface area contributed by atoms with E-state index in [2.05, 4.69) is 0 Å². The molecule has 25 heavy (non-hydrogen) atoms. The third-order valence-electron chi connectivity index (χ3n) is 4.59. The van der Waals surface area contributed by atoms with Crippen LogP contribution in [0, 0.1) is 5.92 Å². The molecule has 0 aromatic heterocycles. The number of carbonyl (C=O) groups is 2. The lowest BCUT2D eigenvalue weighted by atomic mass is 9.72. The van der Waals surface area contributed by atoms with E-state index in [1.54, 1.807) is 12.2 Å². The third-order valence-corrected chi connectivity index (χ3v) is 4.59. The van der Waals surface area contributed by atoms with E-state index in [1.165, 1.54) is 13.0 Å². The minimum absolute atomic E-state index is 0.0891. The van der Waals surface area contributed by atoms with Gasteiger partial charge in [-0.1, -0.05) is 31.1 Å². The molecule has 0 unspecified atom stereocenters. The summed E-state index contributed by atoms with van der Waals surface area (Å²) in [5.74, 6) is -0.601. The molecule has 0 radical (unpaired) electrons. The number of ketones is 1. The van der Waals surface area contributed by atoms with Crippen molar-refractivity contribution in [2.24, 2.45) is 5.92 Å². The maximum atomic E-state index is 12.9. The molecular weight excluding hydrogens is 320 g/mol. The van der Waals surface area contributed by atoms with Crippen LogP contribution in [0.3, 0.4) is 0 Å². The number of esters is 1. The van der Waals surface area contributed by atoms with Gasteiger partial charge in [0.05, 0.1) is 0 Å². The molecule has 1 aliphatic carbocycles. The number of hydrogen-bond donors (Lipinski definition) is 1. The Balaban J connectivity index is 2.51. The van der Waals surface area contributed by atoms with Gasteiger partial charge in [0.15, 0.2) is 11.7 Å². The van der Waals surface area contributed by atoms with Crippen molar-refractivity contribution in [3.8, 4) is 0 Å². The highest BCUT2D eigenvalue weighted by molar-refractivity contribution is 6.02. The number of fused-ring (bicyclic) bond motifs is 1. The van der Waals surface area contributed by atoms with E-state index < -0.39 is 29.1 Å². The van der Waals surface area contributed by atoms with Crippen LogP contribution in [-0.4, -0.2) is 34.2 Å². The summed E-state index contributed by atoms with van der Waals surface area (Å²) in [5, 5.41) is 11.2. The first-order valence-electron chi connectivity index (χ1n) is 8.68. The molecule has 1 aliphatic heterocycles. The Morgan fingerprint density at radius 1 is 1.48 bits per heavy atom. The van der Waals surface area contributed by atoms with Gasteiger partial charge in [-0.25, -0.2) is 0 Å². The summed E-state index contributed by atoms with van der Waals surface area (Å²) in [6, 6.07) is 0. The standard InChI is InChI=1S/C20H28O5/c1-12(2)7-8-16-19(6,23)20(25-18(22)9-13(3)4)15(21)10-14(5)11-17(20)24-16/h7-8,10,13,17,23H,9,11H2,1-6H3/b16-8+/t17-,19-,20-/m0/s1. The average Bonchev–Trinajstić information content (AvgIpc) is 2.65. The fourth-order valence-electron chi connectivity index (χ4n) is 3.33. The van der Waals surface area contributed by atoms with Crippen LogP contribution in [0.25, 0.3) is 0 Å². The van der Waals surface area contributed by atoms with Crippen molar-refractivity contribution in [2.75, 3.05) is 0 Å². The molecule has 0 aromatic carbocycles. The molecule has 0 aromatic rings. The van der Waals surface area contributed by atoms with Gasteiger partial charge in [-0.05, 0) is 45.8 Å². The number of ether oxygens (including phenoxy) is 2. The second kappa shape index (κ2) is 6.79. The Morgan fingerprint density at radius 3 is 2.68 bits per heavy atom. The number of aliphatic hydroxyl groups is 1. The van der Waals surface area contributed by atoms with E-state index in [-0.39, 0.29) is 18.1 Å². The van der Waals surface area contributed by atoms with Crippen LogP contribution < -0.4 is 0 Å². The van der Waals surface area contributed by atoms with Crippen LogP contribution in [0.5, 0.6) is 0 Å². The zero-order chi connectivity index (χ0) is 19.0. The Bertz CT molecular complexity index is 662. The molecule has 3 atom stereocenters. The predicted molar refractivity (Wildman–Crippen MR) is 94.7 cm³/mol. The monoisotopic (exact) mass is 348 g/mol. The molecule has 0 bridgehead atoms. The molecule has 0 saturated carbocycles. The fraction of sp³-hybridized carbons (Fsp3) is 0.600. The van der Waals surface area contributed by atoms with Crippen LogP contribution in [0.15, 0.2) is 35.1 Å². The van der Waals surface area contributed by atoms with Crippen molar-refractivity contribution in [2.45, 2.75) is 71.7 Å². The molecule has 2 aliphatic rings. The lowest BCUT2D eigenvalue weighted by Crippen LogP contribution is -2.63. The largest absolute Gasteiger partial charge is 0.486 e. The first-order chi connectivity index (χ1) is 11.5. The number of rotatable bonds is 4. The van der Waals surface area contributed by atoms with E-state index in [4.69, 9.17) is 9.47 Å². The van der Waals surface area contributed by atoms with Crippen molar-refractivity contribution >= 4 is 11.8 Å². The average molecular weight is 348 g/mol. The van der Waals surface area contributed by atoms with Gasteiger partial charge >= 0.3 is 5.97 Å². The summed E-state index contributed by atoms with van der Waals surface area (Å²) in [5.41, 5.74) is -1.61. The van der Waals surface area contributed by atoms with Gasteiger partial charge < -0.3 is 14.6 Å². The van der Waals surface area contributed by atoms with Crippen molar-refractivity contribution in [3.05, 3.63) is 35.1 Å². The predicted octanol–water partition coefficient (Wildman–Crippen LogP) is 3.23. The summed E-state index contributed by atoms with van der Waals surface area (Å²) >= 11 is 0. The maximum Gasteiger partial charge on any atom is 0.307 e. The van der Waals surface area contributed by atoms with Crippen LogP contribution in [0.2, 0.25) is 0 Å². The van der Waals surface area contributed by atoms with Crippen molar-refractivity contribution in [1.29, 1.82) is 0 Å². The lowest BCUT2D eigenvalue weighted by molar-refractivity contribution is -0.192. The normalized spacial score (nSPS) is 33.0. The highest BCUT2D eigenvalue weighted by Crippen LogP contribution is 2.50. The van der Waals surface area contributed by atoms with E-state index in [9.17, 15) is 14.7 Å². The zero-order valence-electron chi connectivity index (χ0n) is 15.9. The van der Waals surface area contributed by atoms with Gasteiger partial charge in [-0.2, -0.15) is 0 Å². The van der Waals surface area contributed by atoms with Crippen LogP contribution in [0.4, 0.5) is 0 Å². The molecule has 5 heteroatoms. The zero-order valence-corrected chi connectivity index (χ0v) is 15.9. The topological polar surface area (TPSA) is 72.8 Å². The Hall–Kier alpha value is -1.88. The SMILES string of the molecule is CC(C)=C/C=C1/O[C@H]2CC(C)=CC(=O)[C@@]2(OC(=O)CC(C)C)[C@@]1(C)O. The first-order valence-corrected chi connectivity index (χ1v) is 8.68. The molecule has 1 saturated heterocycles. The molecule has 2 rings (SSSR count). The molecule has 5 nitrogen and oxygen atoms in total. The summed E-state index contributed by atoms with van der Waals surface area (Å²) in [4.78, 5) is 25.2. The van der Waals surface area contributed by atoms with Crippen molar-refractivity contribution < 1.29 is 24.2 Å². The number of carbonyl (C=O) groups excluding carboxylic acids is 2. The Labute approximate surface area is 149 Å². The van der Waals surface area contributed by atoms with Crippen molar-refractivity contribution in [3.63, 3.8) is 0 Å². The summed E-state index contributed by atoms with van der Waals surface area (Å²) in [7, 11) is 0. The second-order valence-corrected chi connectivity index (χ2v) is 7.82. The summed E-state index contributed by atoms with van der Waals surface area (Å²) < 4.78 is 11.6. The van der Waals surface area contributed by atoms with Crippen LogP contribution >= 0.6 is 0 Å². The quantitative estimate of drug-likeness (QED) is 0.790. The van der Waals surface area contributed by atoms with Gasteiger partial charge in [0, 0.05) is 12.8 Å². The van der Waals surface area contributed by atoms with Gasteiger partial charge in [-0.15, -0.1) is 0 Å². The van der Waals surface area contributed by atoms with Crippen LogP contribution in [-0.2, 0) is 19.1 Å². The van der Waals surface area contributed by atoms with E-state index in [0.29, 0.717) is 6.42 Å². The summed E-state index contributed by atoms with van der Waals surface area (Å²) in [6.45, 7) is 10.9. The fourth-order valence-corrected chi connectivity index (χ4v) is 3.33. The second-order valence-electron chi connectivity index (χ2n) is 7.82. The number of hydrogen-bond acceptors (Lipinski definition) is 5. The highest BCUT2D eigenvalue weighted by atomic mass is 16.6. The van der Waals surface area contributed by atoms with Gasteiger partial charge in [0.25, 0.3) is 0 Å². The molecule has 138 valence electrons. The summed E-state index contributed by atoms with van der Waals surface area (Å²) in [6.07, 6.45) is 4.76. The smallest absolute Gasteiger partial charge is 0.307 e. The maximum absolute atomic E-state index is 12.9. The Kier molecular flexibility index (Phi) is 5.28. The molecule has 0 amide bonds. The molecule has 1 fully saturated rings. The molecular formula is C20H28O5. The minimum atomic E-state index is -1.74. The number of allylic oxidation sites excluding steroid dienone is 3. The minimum Gasteiger partial charge on any atom is -0.486 e. The van der Waals surface area contributed by atoms with Crippen LogP contribution in [0.1, 0.15) is 54.4 Å². The third kappa shape index (κ3) is 3.43. The van der Waals surface area contributed by atoms with E-state index >= 15 is 0 Å². The van der Waals surface area contributed by atoms with Gasteiger partial charge in [0.2, 0.25) is 11.4 Å².